The Kier molecular flexibility index (Phi) is 9.30. The van der Waals surface area contributed by atoms with Crippen molar-refractivity contribution in [2.75, 3.05) is 38.4 Å². The van der Waals surface area contributed by atoms with Crippen LogP contribution in [0.4, 0.5) is 11.4 Å². The number of rotatable bonds is 11. The van der Waals surface area contributed by atoms with E-state index >= 15 is 0 Å². The number of anilines is 2. The van der Waals surface area contributed by atoms with Gasteiger partial charge in [0.1, 0.15) is 30.5 Å². The lowest BCUT2D eigenvalue weighted by molar-refractivity contribution is -0.141. The van der Waals surface area contributed by atoms with Crippen LogP contribution in [0.5, 0.6) is 17.2 Å². The van der Waals surface area contributed by atoms with E-state index in [-0.39, 0.29) is 45.0 Å². The minimum absolute atomic E-state index is 0.0329. The van der Waals surface area contributed by atoms with Crippen LogP contribution in [-0.4, -0.2) is 60.7 Å². The molecule has 0 radical (unpaired) electrons. The fraction of sp³-hybridized carbons (Fsp3) is 0.391. The highest BCUT2D eigenvalue weighted by Crippen LogP contribution is 2.42. The van der Waals surface area contributed by atoms with E-state index in [9.17, 15) is 24.9 Å². The number of phenolic OH excluding ortho intramolecular Hbond substituents is 1. The first-order valence-electron chi connectivity index (χ1n) is 10.1. The van der Waals surface area contributed by atoms with Crippen LogP contribution in [0.1, 0.15) is 24.0 Å². The number of esters is 1. The molecule has 3 N–H and O–H groups in total. The molecule has 0 aliphatic rings. The van der Waals surface area contributed by atoms with E-state index in [0.717, 1.165) is 0 Å². The van der Waals surface area contributed by atoms with Gasteiger partial charge in [-0.1, -0.05) is 6.07 Å². The Morgan fingerprint density at radius 2 is 1.53 bits per heavy atom. The lowest BCUT2D eigenvalue weighted by Gasteiger charge is -2.29. The summed E-state index contributed by atoms with van der Waals surface area (Å²) < 4.78 is 16.0. The number of carbonyl (C=O) groups excluding carboxylic acids is 2. The van der Waals surface area contributed by atoms with E-state index in [1.165, 1.54) is 24.1 Å². The fourth-order valence-corrected chi connectivity index (χ4v) is 3.25. The molecule has 0 heterocycles. The molecule has 2 aromatic rings. The third kappa shape index (κ3) is 6.12. The number of aliphatic hydroxyl groups excluding tert-OH is 2. The molecule has 9 heteroatoms. The lowest BCUT2D eigenvalue weighted by Crippen LogP contribution is -2.28. The summed E-state index contributed by atoms with van der Waals surface area (Å²) in [7, 11) is 1.25. The molecule has 1 amide bonds. The van der Waals surface area contributed by atoms with Crippen molar-refractivity contribution < 1.29 is 39.1 Å². The Morgan fingerprint density at radius 3 is 2.03 bits per heavy atom. The van der Waals surface area contributed by atoms with E-state index < -0.39 is 11.9 Å². The molecular weight excluding hydrogens is 418 g/mol. The van der Waals surface area contributed by atoms with Gasteiger partial charge in [0.2, 0.25) is 5.91 Å². The van der Waals surface area contributed by atoms with Crippen molar-refractivity contribution in [2.45, 2.75) is 26.7 Å². The van der Waals surface area contributed by atoms with Gasteiger partial charge in [-0.25, -0.2) is 0 Å². The van der Waals surface area contributed by atoms with Crippen LogP contribution in [0, 0.1) is 13.8 Å². The summed E-state index contributed by atoms with van der Waals surface area (Å²) in [6.45, 7) is 3.17. The van der Waals surface area contributed by atoms with Gasteiger partial charge in [0.15, 0.2) is 0 Å². The number of phenols is 1. The molecule has 32 heavy (non-hydrogen) atoms. The summed E-state index contributed by atoms with van der Waals surface area (Å²) in [5.74, 6) is -0.181. The van der Waals surface area contributed by atoms with E-state index in [4.69, 9.17) is 9.47 Å². The molecule has 2 aromatic carbocycles. The number of methoxy groups -OCH3 is 1. The topological polar surface area (TPSA) is 126 Å². The smallest absolute Gasteiger partial charge is 0.306 e. The van der Waals surface area contributed by atoms with Crippen molar-refractivity contribution in [3.05, 3.63) is 41.5 Å². The van der Waals surface area contributed by atoms with Gasteiger partial charge in [0, 0.05) is 29.7 Å². The number of nitrogens with zero attached hydrogens (tertiary/aromatic N) is 1. The highest BCUT2D eigenvalue weighted by Gasteiger charge is 2.26. The Hall–Kier alpha value is -3.30. The summed E-state index contributed by atoms with van der Waals surface area (Å²) in [5, 5.41) is 28.4. The van der Waals surface area contributed by atoms with Crippen molar-refractivity contribution in [1.29, 1.82) is 0 Å². The van der Waals surface area contributed by atoms with Gasteiger partial charge in [-0.05, 0) is 26.0 Å². The summed E-state index contributed by atoms with van der Waals surface area (Å²) in [5.41, 5.74) is 2.04. The first kappa shape index (κ1) is 25.0. The van der Waals surface area contributed by atoms with Crippen molar-refractivity contribution in [1.82, 2.24) is 0 Å². The van der Waals surface area contributed by atoms with Gasteiger partial charge in [0.25, 0.3) is 0 Å². The van der Waals surface area contributed by atoms with Crippen LogP contribution in [-0.2, 0) is 14.3 Å². The normalized spacial score (nSPS) is 10.5. The maximum Gasteiger partial charge on any atom is 0.306 e. The van der Waals surface area contributed by atoms with E-state index in [2.05, 4.69) is 4.74 Å². The summed E-state index contributed by atoms with van der Waals surface area (Å²) in [4.78, 5) is 26.3. The van der Waals surface area contributed by atoms with Crippen molar-refractivity contribution in [2.24, 2.45) is 0 Å². The minimum Gasteiger partial charge on any atom is -0.508 e. The Balaban J connectivity index is 2.66. The molecule has 0 aromatic heterocycles. The van der Waals surface area contributed by atoms with Crippen LogP contribution in [0.2, 0.25) is 0 Å². The van der Waals surface area contributed by atoms with Crippen LogP contribution < -0.4 is 14.4 Å². The fourth-order valence-electron chi connectivity index (χ4n) is 3.25. The summed E-state index contributed by atoms with van der Waals surface area (Å²) in [6, 6.07) is 7.82. The van der Waals surface area contributed by atoms with Crippen LogP contribution in [0.25, 0.3) is 0 Å². The maximum absolute atomic E-state index is 13.3. The third-order valence-electron chi connectivity index (χ3n) is 4.74. The molecule has 2 rings (SSSR count). The predicted molar refractivity (Wildman–Crippen MR) is 118 cm³/mol. The van der Waals surface area contributed by atoms with Crippen molar-refractivity contribution in [3.8, 4) is 17.2 Å². The van der Waals surface area contributed by atoms with E-state index in [1.807, 2.05) is 0 Å². The molecule has 9 nitrogen and oxygen atoms in total. The number of hydrogen-bond acceptors (Lipinski definition) is 8. The Morgan fingerprint density at radius 1 is 0.938 bits per heavy atom. The van der Waals surface area contributed by atoms with Gasteiger partial charge in [0.05, 0.1) is 38.1 Å². The number of amides is 1. The quantitative estimate of drug-likeness (QED) is 0.448. The molecule has 0 unspecified atom stereocenters. The SMILES string of the molecule is COC(=O)CCC(=O)N(c1cccc(O)c1)c1c(C)c(OCCO)cc(OCCO)c1C. The largest absolute Gasteiger partial charge is 0.508 e. The molecule has 0 bridgehead atoms. The molecule has 0 aliphatic carbocycles. The second kappa shape index (κ2) is 11.9. The molecular formula is C23H29NO8. The maximum atomic E-state index is 13.3. The number of benzene rings is 2. The second-order valence-electron chi connectivity index (χ2n) is 6.94. The Labute approximate surface area is 186 Å². The van der Waals surface area contributed by atoms with Gasteiger partial charge >= 0.3 is 5.97 Å². The third-order valence-corrected chi connectivity index (χ3v) is 4.74. The van der Waals surface area contributed by atoms with Crippen LogP contribution >= 0.6 is 0 Å². The average Bonchev–Trinajstić information content (AvgIpc) is 2.78. The number of aliphatic hydroxyl groups is 2. The minimum atomic E-state index is -0.519. The zero-order valence-electron chi connectivity index (χ0n) is 18.5. The number of ether oxygens (including phenoxy) is 3. The second-order valence-corrected chi connectivity index (χ2v) is 6.94. The van der Waals surface area contributed by atoms with Crippen molar-refractivity contribution >= 4 is 23.3 Å². The highest BCUT2D eigenvalue weighted by molar-refractivity contribution is 6.03. The highest BCUT2D eigenvalue weighted by atomic mass is 16.5. The predicted octanol–water partition coefficient (Wildman–Crippen LogP) is 2.37. The summed E-state index contributed by atoms with van der Waals surface area (Å²) >= 11 is 0. The van der Waals surface area contributed by atoms with Gasteiger partial charge in [-0.2, -0.15) is 0 Å². The first-order valence-corrected chi connectivity index (χ1v) is 10.1. The number of aromatic hydroxyl groups is 1. The first-order chi connectivity index (χ1) is 15.3. The molecule has 0 spiro atoms. The molecule has 0 saturated carbocycles. The standard InChI is InChI=1S/C23H29NO8/c1-15-19(31-11-9-25)14-20(32-12-10-26)16(2)23(15)24(17-5-4-6-18(27)13-17)21(28)7-8-22(29)30-3/h4-6,13-14,25-27H,7-12H2,1-3H3. The number of hydrogen-bond donors (Lipinski definition) is 3. The van der Waals surface area contributed by atoms with E-state index in [0.29, 0.717) is 34.0 Å². The number of carbonyl (C=O) groups is 2. The molecule has 0 aliphatic heterocycles. The molecule has 174 valence electrons. The lowest BCUT2D eigenvalue weighted by atomic mass is 10.0. The van der Waals surface area contributed by atoms with Gasteiger partial charge in [-0.15, -0.1) is 0 Å². The van der Waals surface area contributed by atoms with Crippen LogP contribution in [0.15, 0.2) is 30.3 Å². The molecule has 0 saturated heterocycles. The van der Waals surface area contributed by atoms with Crippen molar-refractivity contribution in [3.63, 3.8) is 0 Å². The van der Waals surface area contributed by atoms with Gasteiger partial charge < -0.3 is 29.5 Å². The molecule has 0 fully saturated rings. The zero-order valence-corrected chi connectivity index (χ0v) is 18.5. The summed E-state index contributed by atoms with van der Waals surface area (Å²) in [6.07, 6.45) is -0.243. The van der Waals surface area contributed by atoms with Gasteiger partial charge in [-0.3, -0.25) is 14.5 Å². The Bertz CT molecular complexity index is 912. The average molecular weight is 447 g/mol. The molecule has 0 atom stereocenters. The van der Waals surface area contributed by atoms with E-state index in [1.54, 1.807) is 32.0 Å². The monoisotopic (exact) mass is 447 g/mol. The van der Waals surface area contributed by atoms with Crippen LogP contribution in [0.3, 0.4) is 0 Å². The zero-order chi connectivity index (χ0) is 23.7.